The Balaban J connectivity index is 2.21. The number of rotatable bonds is 7. The normalized spacial score (nSPS) is 13.7. The molecule has 1 aromatic heterocycles. The summed E-state index contributed by atoms with van der Waals surface area (Å²) >= 11 is -2.40. The van der Waals surface area contributed by atoms with Crippen LogP contribution in [-0.4, -0.2) is 24.8 Å². The molecule has 2 aromatic carbocycles. The maximum atomic E-state index is 11.9. The lowest BCUT2D eigenvalue weighted by Gasteiger charge is -2.22. The average Bonchev–Trinajstić information content (AvgIpc) is 3.13. The SMILES string of the molecule is Cc1cc(C)c(Cn2nc(C(C)(C)C)cc2C(CC=O)c2ccccc2S(=O)[O-])c(C)c1. The van der Waals surface area contributed by atoms with Crippen LogP contribution in [0.25, 0.3) is 0 Å². The molecule has 6 heteroatoms. The third kappa shape index (κ3) is 5.08. The van der Waals surface area contributed by atoms with Crippen LogP contribution in [0.1, 0.15) is 72.3 Å². The molecule has 0 aliphatic carbocycles. The summed E-state index contributed by atoms with van der Waals surface area (Å²) in [5, 5.41) is 4.93. The van der Waals surface area contributed by atoms with Gasteiger partial charge in [-0.15, -0.1) is 0 Å². The van der Waals surface area contributed by atoms with Crippen LogP contribution < -0.4 is 0 Å². The van der Waals surface area contributed by atoms with Crippen LogP contribution in [-0.2, 0) is 27.8 Å². The summed E-state index contributed by atoms with van der Waals surface area (Å²) in [6, 6.07) is 13.2. The molecule has 5 nitrogen and oxygen atoms in total. The van der Waals surface area contributed by atoms with Gasteiger partial charge in [-0.05, 0) is 66.2 Å². The van der Waals surface area contributed by atoms with E-state index >= 15 is 0 Å². The Morgan fingerprint density at radius 2 is 1.72 bits per heavy atom. The van der Waals surface area contributed by atoms with Crippen molar-refractivity contribution in [1.29, 1.82) is 0 Å². The monoisotopic (exact) mass is 451 g/mol. The van der Waals surface area contributed by atoms with Crippen LogP contribution >= 0.6 is 0 Å². The number of hydrogen-bond acceptors (Lipinski definition) is 4. The highest BCUT2D eigenvalue weighted by molar-refractivity contribution is 7.79. The van der Waals surface area contributed by atoms with E-state index < -0.39 is 17.0 Å². The molecule has 1 heterocycles. The fourth-order valence-corrected chi connectivity index (χ4v) is 4.83. The molecule has 32 heavy (non-hydrogen) atoms. The number of benzene rings is 2. The van der Waals surface area contributed by atoms with Gasteiger partial charge in [0.25, 0.3) is 0 Å². The van der Waals surface area contributed by atoms with Crippen LogP contribution in [0.3, 0.4) is 0 Å². The van der Waals surface area contributed by atoms with Crippen molar-refractivity contribution in [2.24, 2.45) is 0 Å². The molecule has 0 radical (unpaired) electrons. The van der Waals surface area contributed by atoms with Crippen molar-refractivity contribution >= 4 is 17.4 Å². The minimum atomic E-state index is -2.40. The van der Waals surface area contributed by atoms with E-state index in [1.54, 1.807) is 18.2 Å². The van der Waals surface area contributed by atoms with E-state index in [0.717, 1.165) is 17.7 Å². The second kappa shape index (κ2) is 9.51. The van der Waals surface area contributed by atoms with Gasteiger partial charge in [0.05, 0.1) is 12.2 Å². The van der Waals surface area contributed by atoms with E-state index in [-0.39, 0.29) is 16.7 Å². The number of aldehydes is 1. The van der Waals surface area contributed by atoms with Gasteiger partial charge in [-0.25, -0.2) is 0 Å². The van der Waals surface area contributed by atoms with Crippen LogP contribution in [0.4, 0.5) is 0 Å². The lowest BCUT2D eigenvalue weighted by molar-refractivity contribution is -0.108. The van der Waals surface area contributed by atoms with Gasteiger partial charge in [0.1, 0.15) is 6.29 Å². The first-order valence-electron chi connectivity index (χ1n) is 10.8. The largest absolute Gasteiger partial charge is 0.768 e. The average molecular weight is 452 g/mol. The molecule has 0 aliphatic heterocycles. The standard InChI is InChI=1S/C26H32N2O3S/c1-17-13-18(2)22(19(3)14-17)16-28-23(15-25(27-28)26(4,5)6)20(11-12-29)21-9-7-8-10-24(21)32(30)31/h7-10,12-15,20H,11,16H2,1-6H3,(H,30,31)/p-1. The molecule has 3 aromatic rings. The van der Waals surface area contributed by atoms with Gasteiger partial charge in [-0.2, -0.15) is 5.10 Å². The molecule has 0 aliphatic rings. The van der Waals surface area contributed by atoms with Crippen molar-refractivity contribution in [1.82, 2.24) is 9.78 Å². The van der Waals surface area contributed by atoms with Crippen molar-refractivity contribution in [3.63, 3.8) is 0 Å². The van der Waals surface area contributed by atoms with Crippen LogP contribution in [0.5, 0.6) is 0 Å². The van der Waals surface area contributed by atoms with Crippen molar-refractivity contribution in [2.75, 3.05) is 0 Å². The lowest BCUT2D eigenvalue weighted by Crippen LogP contribution is -2.16. The van der Waals surface area contributed by atoms with Crippen molar-refractivity contribution in [2.45, 2.75) is 70.7 Å². The number of carbonyl (C=O) groups is 1. The maximum Gasteiger partial charge on any atom is 0.120 e. The molecule has 0 N–H and O–H groups in total. The third-order valence-electron chi connectivity index (χ3n) is 5.89. The Morgan fingerprint density at radius 3 is 2.28 bits per heavy atom. The van der Waals surface area contributed by atoms with Crippen LogP contribution in [0, 0.1) is 20.8 Å². The van der Waals surface area contributed by atoms with Gasteiger partial charge in [0.15, 0.2) is 0 Å². The minimum absolute atomic E-state index is 0.176. The highest BCUT2D eigenvalue weighted by Crippen LogP contribution is 2.34. The Kier molecular flexibility index (Phi) is 7.16. The van der Waals surface area contributed by atoms with E-state index in [0.29, 0.717) is 12.1 Å². The fourth-order valence-electron chi connectivity index (χ4n) is 4.24. The number of nitrogens with zero attached hydrogens (tertiary/aromatic N) is 2. The third-order valence-corrected chi connectivity index (χ3v) is 6.62. The summed E-state index contributed by atoms with van der Waals surface area (Å²) in [5.74, 6) is -0.406. The van der Waals surface area contributed by atoms with E-state index in [2.05, 4.69) is 53.7 Å². The number of carbonyl (C=O) groups excluding carboxylic acids is 1. The van der Waals surface area contributed by atoms with E-state index in [4.69, 9.17) is 5.10 Å². The van der Waals surface area contributed by atoms with Crippen LogP contribution in [0.2, 0.25) is 0 Å². The Labute approximate surface area is 193 Å². The smallest absolute Gasteiger partial charge is 0.120 e. The zero-order valence-electron chi connectivity index (χ0n) is 19.6. The predicted octanol–water partition coefficient (Wildman–Crippen LogP) is 5.11. The van der Waals surface area contributed by atoms with Gasteiger partial charge >= 0.3 is 0 Å². The van der Waals surface area contributed by atoms with Gasteiger partial charge in [0.2, 0.25) is 0 Å². The first-order chi connectivity index (χ1) is 15.0. The summed E-state index contributed by atoms with van der Waals surface area (Å²) in [7, 11) is 0. The molecular weight excluding hydrogens is 420 g/mol. The van der Waals surface area contributed by atoms with Gasteiger partial charge in [-0.3, -0.25) is 8.89 Å². The molecule has 0 amide bonds. The second-order valence-corrected chi connectivity index (χ2v) is 10.4. The Bertz CT molecular complexity index is 1140. The fraction of sp³-hybridized carbons (Fsp3) is 0.385. The van der Waals surface area contributed by atoms with Gasteiger partial charge in [0, 0.05) is 28.3 Å². The molecule has 0 spiro atoms. The van der Waals surface area contributed by atoms with Crippen molar-refractivity contribution in [3.8, 4) is 0 Å². The summed E-state index contributed by atoms with van der Waals surface area (Å²) < 4.78 is 25.8. The molecule has 0 saturated heterocycles. The topological polar surface area (TPSA) is 75.0 Å². The molecule has 0 bridgehead atoms. The number of aryl methyl sites for hydroxylation is 3. The minimum Gasteiger partial charge on any atom is -0.768 e. The molecule has 0 saturated carbocycles. The number of hydrogen-bond donors (Lipinski definition) is 0. The molecular formula is C26H31N2O3S-. The quantitative estimate of drug-likeness (QED) is 0.369. The summed E-state index contributed by atoms with van der Waals surface area (Å²) in [4.78, 5) is 11.9. The number of aromatic nitrogens is 2. The zero-order valence-corrected chi connectivity index (χ0v) is 20.5. The first-order valence-corrected chi connectivity index (χ1v) is 11.9. The molecule has 2 unspecified atom stereocenters. The Morgan fingerprint density at radius 1 is 1.09 bits per heavy atom. The van der Waals surface area contributed by atoms with Crippen LogP contribution in [0.15, 0.2) is 47.4 Å². The summed E-state index contributed by atoms with van der Waals surface area (Å²) in [6.07, 6.45) is 1.03. The molecule has 0 fully saturated rings. The highest BCUT2D eigenvalue weighted by atomic mass is 32.2. The van der Waals surface area contributed by atoms with Gasteiger partial charge < -0.3 is 9.35 Å². The zero-order chi connectivity index (χ0) is 23.6. The van der Waals surface area contributed by atoms with E-state index in [9.17, 15) is 13.6 Å². The van der Waals surface area contributed by atoms with Crippen molar-refractivity contribution < 1.29 is 13.6 Å². The first kappa shape index (κ1) is 24.1. The van der Waals surface area contributed by atoms with Crippen molar-refractivity contribution in [3.05, 3.63) is 81.7 Å². The molecule has 3 rings (SSSR count). The highest BCUT2D eigenvalue weighted by Gasteiger charge is 2.27. The Hall–Kier alpha value is -2.57. The summed E-state index contributed by atoms with van der Waals surface area (Å²) in [6.45, 7) is 13.1. The molecule has 2 atom stereocenters. The lowest BCUT2D eigenvalue weighted by atomic mass is 9.88. The summed E-state index contributed by atoms with van der Waals surface area (Å²) in [5.41, 5.74) is 6.96. The predicted molar refractivity (Wildman–Crippen MR) is 127 cm³/mol. The van der Waals surface area contributed by atoms with E-state index in [1.165, 1.54) is 22.3 Å². The molecule has 170 valence electrons. The van der Waals surface area contributed by atoms with E-state index in [1.807, 2.05) is 16.8 Å². The second-order valence-electron chi connectivity index (χ2n) is 9.47. The van der Waals surface area contributed by atoms with Gasteiger partial charge in [-0.1, -0.05) is 56.7 Å². The maximum absolute atomic E-state index is 11.9.